The van der Waals surface area contributed by atoms with E-state index in [-0.39, 0.29) is 6.10 Å². The van der Waals surface area contributed by atoms with Gasteiger partial charge in [0.1, 0.15) is 5.75 Å². The van der Waals surface area contributed by atoms with E-state index in [9.17, 15) is 10.2 Å². The SMILES string of the molecule is CCC(O)CCc1cccc(C(C)C)c1O. The van der Waals surface area contributed by atoms with Crippen LogP contribution in [0.3, 0.4) is 0 Å². The van der Waals surface area contributed by atoms with E-state index >= 15 is 0 Å². The number of aryl methyl sites for hydroxylation is 1. The van der Waals surface area contributed by atoms with E-state index in [1.54, 1.807) is 0 Å². The van der Waals surface area contributed by atoms with Gasteiger partial charge in [-0.2, -0.15) is 0 Å². The molecule has 0 saturated heterocycles. The molecule has 0 radical (unpaired) electrons. The normalized spacial score (nSPS) is 13.1. The summed E-state index contributed by atoms with van der Waals surface area (Å²) in [6.45, 7) is 6.11. The predicted molar refractivity (Wildman–Crippen MR) is 66.8 cm³/mol. The molecule has 0 aliphatic rings. The van der Waals surface area contributed by atoms with E-state index in [0.717, 1.165) is 24.0 Å². The zero-order valence-corrected chi connectivity index (χ0v) is 10.4. The lowest BCUT2D eigenvalue weighted by molar-refractivity contribution is 0.160. The first kappa shape index (κ1) is 13.0. The molecule has 16 heavy (non-hydrogen) atoms. The first-order valence-electron chi connectivity index (χ1n) is 6.05. The molecule has 0 spiro atoms. The zero-order valence-electron chi connectivity index (χ0n) is 10.4. The Morgan fingerprint density at radius 3 is 2.50 bits per heavy atom. The summed E-state index contributed by atoms with van der Waals surface area (Å²) >= 11 is 0. The summed E-state index contributed by atoms with van der Waals surface area (Å²) < 4.78 is 0. The van der Waals surface area contributed by atoms with E-state index in [1.165, 1.54) is 0 Å². The van der Waals surface area contributed by atoms with Gasteiger partial charge in [0.25, 0.3) is 0 Å². The molecular formula is C14H22O2. The Bertz CT molecular complexity index is 332. The van der Waals surface area contributed by atoms with Crippen LogP contribution in [-0.4, -0.2) is 16.3 Å². The van der Waals surface area contributed by atoms with Crippen LogP contribution < -0.4 is 0 Å². The van der Waals surface area contributed by atoms with Crippen LogP contribution in [0.15, 0.2) is 18.2 Å². The summed E-state index contributed by atoms with van der Waals surface area (Å²) in [5.41, 5.74) is 1.93. The van der Waals surface area contributed by atoms with Crippen LogP contribution in [0.1, 0.15) is 50.7 Å². The minimum absolute atomic E-state index is 0.262. The van der Waals surface area contributed by atoms with E-state index < -0.39 is 0 Å². The van der Waals surface area contributed by atoms with Gasteiger partial charge in [-0.1, -0.05) is 39.0 Å². The number of aliphatic hydroxyl groups excluding tert-OH is 1. The maximum atomic E-state index is 10.1. The number of para-hydroxylation sites is 1. The maximum absolute atomic E-state index is 10.1. The Balaban J connectivity index is 2.77. The molecule has 1 atom stereocenters. The van der Waals surface area contributed by atoms with Crippen LogP contribution in [0.5, 0.6) is 5.75 Å². The minimum atomic E-state index is -0.262. The molecule has 1 aromatic carbocycles. The van der Waals surface area contributed by atoms with Gasteiger partial charge in [-0.15, -0.1) is 0 Å². The van der Waals surface area contributed by atoms with Gasteiger partial charge in [0.15, 0.2) is 0 Å². The van der Waals surface area contributed by atoms with Crippen molar-refractivity contribution in [2.75, 3.05) is 0 Å². The van der Waals surface area contributed by atoms with Crippen LogP contribution >= 0.6 is 0 Å². The van der Waals surface area contributed by atoms with Crippen LogP contribution in [0.25, 0.3) is 0 Å². The molecule has 1 unspecified atom stereocenters. The van der Waals surface area contributed by atoms with Gasteiger partial charge in [0.05, 0.1) is 6.10 Å². The smallest absolute Gasteiger partial charge is 0.122 e. The summed E-state index contributed by atoms with van der Waals surface area (Å²) in [5, 5.41) is 19.6. The highest BCUT2D eigenvalue weighted by Crippen LogP contribution is 2.29. The summed E-state index contributed by atoms with van der Waals surface area (Å²) in [7, 11) is 0. The molecule has 0 fully saturated rings. The van der Waals surface area contributed by atoms with Gasteiger partial charge >= 0.3 is 0 Å². The fourth-order valence-electron chi connectivity index (χ4n) is 1.81. The van der Waals surface area contributed by atoms with Crippen LogP contribution in [0.4, 0.5) is 0 Å². The highest BCUT2D eigenvalue weighted by molar-refractivity contribution is 5.42. The molecule has 0 saturated carbocycles. The number of rotatable bonds is 5. The summed E-state index contributed by atoms with van der Waals surface area (Å²) in [6, 6.07) is 5.87. The molecule has 0 aromatic heterocycles. The molecule has 0 aliphatic carbocycles. The second kappa shape index (κ2) is 5.90. The van der Waals surface area contributed by atoms with Crippen molar-refractivity contribution in [3.8, 4) is 5.75 Å². The highest BCUT2D eigenvalue weighted by Gasteiger charge is 2.10. The predicted octanol–water partition coefficient (Wildman–Crippen LogP) is 3.22. The van der Waals surface area contributed by atoms with Crippen LogP contribution in [0.2, 0.25) is 0 Å². The number of aliphatic hydroxyl groups is 1. The largest absolute Gasteiger partial charge is 0.507 e. The molecule has 0 bridgehead atoms. The fraction of sp³-hybridized carbons (Fsp3) is 0.571. The van der Waals surface area contributed by atoms with Crippen molar-refractivity contribution in [1.82, 2.24) is 0 Å². The quantitative estimate of drug-likeness (QED) is 0.803. The van der Waals surface area contributed by atoms with Gasteiger partial charge in [-0.3, -0.25) is 0 Å². The van der Waals surface area contributed by atoms with Gasteiger partial charge in [0, 0.05) is 0 Å². The number of hydrogen-bond acceptors (Lipinski definition) is 2. The number of benzene rings is 1. The van der Waals surface area contributed by atoms with E-state index in [2.05, 4.69) is 13.8 Å². The fourth-order valence-corrected chi connectivity index (χ4v) is 1.81. The van der Waals surface area contributed by atoms with Gasteiger partial charge in [0.2, 0.25) is 0 Å². The number of phenolic OH excluding ortho intramolecular Hbond substituents is 1. The second-order valence-corrected chi connectivity index (χ2v) is 4.61. The average Bonchev–Trinajstić information content (AvgIpc) is 2.26. The lowest BCUT2D eigenvalue weighted by Gasteiger charge is -2.13. The Morgan fingerprint density at radius 2 is 1.94 bits per heavy atom. The Labute approximate surface area is 97.9 Å². The number of aromatic hydroxyl groups is 1. The van der Waals surface area contributed by atoms with Crippen LogP contribution in [-0.2, 0) is 6.42 Å². The van der Waals surface area contributed by atoms with Crippen molar-refractivity contribution < 1.29 is 10.2 Å². The highest BCUT2D eigenvalue weighted by atomic mass is 16.3. The Kier molecular flexibility index (Phi) is 4.81. The molecule has 2 nitrogen and oxygen atoms in total. The first-order chi connectivity index (χ1) is 7.56. The van der Waals surface area contributed by atoms with Crippen molar-refractivity contribution in [3.63, 3.8) is 0 Å². The van der Waals surface area contributed by atoms with Gasteiger partial charge in [-0.25, -0.2) is 0 Å². The third-order valence-corrected chi connectivity index (χ3v) is 2.99. The monoisotopic (exact) mass is 222 g/mol. The molecular weight excluding hydrogens is 200 g/mol. The minimum Gasteiger partial charge on any atom is -0.507 e. The molecule has 0 aliphatic heterocycles. The molecule has 1 aromatic rings. The molecule has 2 N–H and O–H groups in total. The first-order valence-corrected chi connectivity index (χ1v) is 6.05. The topological polar surface area (TPSA) is 40.5 Å². The van der Waals surface area contributed by atoms with Crippen LogP contribution in [0, 0.1) is 0 Å². The summed E-state index contributed by atoms with van der Waals surface area (Å²) in [6.07, 6.45) is 1.96. The van der Waals surface area contributed by atoms with E-state index in [4.69, 9.17) is 0 Å². The van der Waals surface area contributed by atoms with Crippen molar-refractivity contribution in [3.05, 3.63) is 29.3 Å². The molecule has 90 valence electrons. The van der Waals surface area contributed by atoms with Crippen molar-refractivity contribution in [1.29, 1.82) is 0 Å². The van der Waals surface area contributed by atoms with Crippen molar-refractivity contribution in [2.24, 2.45) is 0 Å². The number of hydrogen-bond donors (Lipinski definition) is 2. The van der Waals surface area contributed by atoms with Gasteiger partial charge in [-0.05, 0) is 36.3 Å². The van der Waals surface area contributed by atoms with E-state index in [1.807, 2.05) is 25.1 Å². The van der Waals surface area contributed by atoms with Crippen molar-refractivity contribution in [2.45, 2.75) is 52.1 Å². The molecule has 0 heterocycles. The standard InChI is InChI=1S/C14H22O2/c1-4-12(15)9-8-11-6-5-7-13(10(2)3)14(11)16/h5-7,10,12,15-16H,4,8-9H2,1-3H3. The molecule has 2 heteroatoms. The maximum Gasteiger partial charge on any atom is 0.122 e. The lowest BCUT2D eigenvalue weighted by Crippen LogP contribution is -2.06. The zero-order chi connectivity index (χ0) is 12.1. The van der Waals surface area contributed by atoms with Gasteiger partial charge < -0.3 is 10.2 Å². The molecule has 0 amide bonds. The third-order valence-electron chi connectivity index (χ3n) is 2.99. The third kappa shape index (κ3) is 3.24. The van der Waals surface area contributed by atoms with Crippen molar-refractivity contribution >= 4 is 0 Å². The Hall–Kier alpha value is -1.02. The Morgan fingerprint density at radius 1 is 1.25 bits per heavy atom. The second-order valence-electron chi connectivity index (χ2n) is 4.61. The number of phenols is 1. The van der Waals surface area contributed by atoms with E-state index in [0.29, 0.717) is 18.1 Å². The molecule has 1 rings (SSSR count). The summed E-state index contributed by atoms with van der Waals surface area (Å²) in [4.78, 5) is 0. The average molecular weight is 222 g/mol. The lowest BCUT2D eigenvalue weighted by atomic mass is 9.96. The summed E-state index contributed by atoms with van der Waals surface area (Å²) in [5.74, 6) is 0.733.